The van der Waals surface area contributed by atoms with Gasteiger partial charge < -0.3 is 15.6 Å². The number of ether oxygens (including phenoxy) is 1. The molecule has 0 aliphatic rings. The third-order valence-corrected chi connectivity index (χ3v) is 3.92. The van der Waals surface area contributed by atoms with Crippen molar-refractivity contribution in [2.45, 2.75) is 25.4 Å². The number of rotatable bonds is 7. The fourth-order valence-corrected chi connectivity index (χ4v) is 2.47. The van der Waals surface area contributed by atoms with E-state index in [2.05, 4.69) is 4.98 Å². The lowest BCUT2D eigenvalue weighted by Gasteiger charge is -2.19. The quantitative estimate of drug-likeness (QED) is 0.773. The van der Waals surface area contributed by atoms with E-state index in [1.54, 1.807) is 30.6 Å². The smallest absolute Gasteiger partial charge is 0.304 e. The predicted octanol–water partition coefficient (Wildman–Crippen LogP) is 3.81. The normalized spacial score (nSPS) is 12.8. The van der Waals surface area contributed by atoms with E-state index in [4.69, 9.17) is 27.2 Å². The van der Waals surface area contributed by atoms with Gasteiger partial charge in [0.15, 0.2) is 0 Å². The number of carbonyl (C=O) groups is 1. The van der Waals surface area contributed by atoms with Gasteiger partial charge in [-0.3, -0.25) is 9.78 Å². The van der Waals surface area contributed by atoms with E-state index >= 15 is 0 Å². The Hall–Kier alpha value is -1.82. The van der Waals surface area contributed by atoms with Crippen LogP contribution in [-0.2, 0) is 4.79 Å². The lowest BCUT2D eigenvalue weighted by atomic mass is 9.96. The van der Waals surface area contributed by atoms with Gasteiger partial charge in [0.2, 0.25) is 0 Å². The molecule has 130 valence electrons. The molecule has 0 aliphatic carbocycles. The highest BCUT2D eigenvalue weighted by molar-refractivity contribution is 6.32. The molecule has 1 aromatic carbocycles. The van der Waals surface area contributed by atoms with Crippen LogP contribution in [0, 0.1) is 0 Å². The highest BCUT2D eigenvalue weighted by atomic mass is 35.5. The minimum Gasteiger partial charge on any atom is -0.484 e. The molecule has 0 fully saturated rings. The first-order valence-corrected chi connectivity index (χ1v) is 7.67. The summed E-state index contributed by atoms with van der Waals surface area (Å²) in [5, 5.41) is 9.45. The first-order valence-electron chi connectivity index (χ1n) is 7.29. The first kappa shape index (κ1) is 20.2. The van der Waals surface area contributed by atoms with E-state index in [9.17, 15) is 4.79 Å². The van der Waals surface area contributed by atoms with E-state index in [-0.39, 0.29) is 37.4 Å². The molecule has 0 saturated carbocycles. The summed E-state index contributed by atoms with van der Waals surface area (Å²) in [6.07, 6.45) is 3.16. The van der Waals surface area contributed by atoms with Crippen LogP contribution in [0.2, 0.25) is 5.02 Å². The second-order valence-electron chi connectivity index (χ2n) is 5.26. The molecule has 2 rings (SSSR count). The number of aromatic nitrogens is 1. The Morgan fingerprint density at radius 2 is 1.96 bits per heavy atom. The maximum Gasteiger partial charge on any atom is 0.304 e. The summed E-state index contributed by atoms with van der Waals surface area (Å²) in [6.45, 7) is 2.16. The monoisotopic (exact) mass is 370 g/mol. The molecule has 3 N–H and O–H groups in total. The average Bonchev–Trinajstić information content (AvgIpc) is 2.55. The Bertz CT molecular complexity index is 668. The van der Waals surface area contributed by atoms with Crippen molar-refractivity contribution in [3.8, 4) is 5.75 Å². The molecule has 0 saturated heterocycles. The maximum absolute atomic E-state index is 10.9. The average molecular weight is 371 g/mol. The molecule has 0 radical (unpaired) electrons. The van der Waals surface area contributed by atoms with Crippen molar-refractivity contribution in [2.24, 2.45) is 5.73 Å². The van der Waals surface area contributed by atoms with Crippen LogP contribution in [0.5, 0.6) is 5.75 Å². The Balaban J connectivity index is 0.00000288. The summed E-state index contributed by atoms with van der Waals surface area (Å²) < 4.78 is 5.92. The van der Waals surface area contributed by atoms with Crippen molar-refractivity contribution >= 4 is 30.0 Å². The highest BCUT2D eigenvalue weighted by Gasteiger charge is 2.17. The molecule has 0 aliphatic heterocycles. The summed E-state index contributed by atoms with van der Waals surface area (Å²) in [6, 6.07) is 8.99. The highest BCUT2D eigenvalue weighted by Crippen LogP contribution is 2.32. The Morgan fingerprint density at radius 3 is 2.54 bits per heavy atom. The van der Waals surface area contributed by atoms with Crippen molar-refractivity contribution < 1.29 is 14.6 Å². The molecule has 2 aromatic rings. The number of hydrogen-bond acceptors (Lipinski definition) is 4. The molecule has 1 heterocycles. The van der Waals surface area contributed by atoms with Gasteiger partial charge in [0.1, 0.15) is 11.9 Å². The van der Waals surface area contributed by atoms with Crippen LogP contribution in [0.3, 0.4) is 0 Å². The van der Waals surface area contributed by atoms with Crippen LogP contribution in [0.15, 0.2) is 42.7 Å². The van der Waals surface area contributed by atoms with Crippen molar-refractivity contribution in [3.63, 3.8) is 0 Å². The number of nitrogens with zero attached hydrogens (tertiary/aromatic N) is 1. The number of aliphatic carboxylic acids is 1. The topological polar surface area (TPSA) is 85.4 Å². The molecule has 0 unspecified atom stereocenters. The van der Waals surface area contributed by atoms with Crippen molar-refractivity contribution in [2.75, 3.05) is 6.54 Å². The van der Waals surface area contributed by atoms with E-state index in [1.165, 1.54) is 0 Å². The molecule has 7 heteroatoms. The zero-order valence-corrected chi connectivity index (χ0v) is 14.8. The largest absolute Gasteiger partial charge is 0.484 e. The van der Waals surface area contributed by atoms with E-state index < -0.39 is 5.97 Å². The van der Waals surface area contributed by atoms with Gasteiger partial charge >= 0.3 is 5.97 Å². The van der Waals surface area contributed by atoms with Crippen LogP contribution in [0.1, 0.15) is 36.5 Å². The lowest BCUT2D eigenvalue weighted by molar-refractivity contribution is -0.137. The third kappa shape index (κ3) is 5.37. The molecular formula is C17H20Cl2N2O3. The maximum atomic E-state index is 10.9. The number of pyridine rings is 1. The molecule has 5 nitrogen and oxygen atoms in total. The Labute approximate surface area is 152 Å². The summed E-state index contributed by atoms with van der Waals surface area (Å²) in [5.41, 5.74) is 7.47. The number of benzene rings is 1. The third-order valence-electron chi connectivity index (χ3n) is 3.61. The minimum absolute atomic E-state index is 0. The summed E-state index contributed by atoms with van der Waals surface area (Å²) >= 11 is 6.20. The molecule has 0 spiro atoms. The SMILES string of the molecule is C[C@@H](Oc1cc([C@H](CN)CC(=O)O)ccc1Cl)c1ccncc1.Cl. The summed E-state index contributed by atoms with van der Waals surface area (Å²) in [5.74, 6) is -0.649. The number of halogens is 2. The van der Waals surface area contributed by atoms with Gasteiger partial charge in [-0.05, 0) is 48.9 Å². The van der Waals surface area contributed by atoms with Gasteiger partial charge in [0, 0.05) is 18.3 Å². The fourth-order valence-electron chi connectivity index (χ4n) is 2.31. The van der Waals surface area contributed by atoms with Crippen LogP contribution in [0.4, 0.5) is 0 Å². The van der Waals surface area contributed by atoms with Gasteiger partial charge in [-0.15, -0.1) is 12.4 Å². The Morgan fingerprint density at radius 1 is 1.29 bits per heavy atom. The predicted molar refractivity (Wildman–Crippen MR) is 96.0 cm³/mol. The van der Waals surface area contributed by atoms with Crippen molar-refractivity contribution in [1.29, 1.82) is 0 Å². The van der Waals surface area contributed by atoms with E-state index in [0.717, 1.165) is 11.1 Å². The summed E-state index contributed by atoms with van der Waals surface area (Å²) in [4.78, 5) is 14.9. The molecule has 0 amide bonds. The number of hydrogen-bond donors (Lipinski definition) is 2. The first-order chi connectivity index (χ1) is 11.0. The lowest BCUT2D eigenvalue weighted by Crippen LogP contribution is -2.16. The molecule has 0 bridgehead atoms. The van der Waals surface area contributed by atoms with Crippen molar-refractivity contribution in [1.82, 2.24) is 4.98 Å². The number of carboxylic acid groups (broad SMARTS) is 1. The zero-order valence-electron chi connectivity index (χ0n) is 13.2. The van der Waals surface area contributed by atoms with Crippen LogP contribution >= 0.6 is 24.0 Å². The fraction of sp³-hybridized carbons (Fsp3) is 0.294. The second-order valence-corrected chi connectivity index (χ2v) is 5.67. The van der Waals surface area contributed by atoms with Crippen LogP contribution < -0.4 is 10.5 Å². The van der Waals surface area contributed by atoms with Gasteiger partial charge in [-0.1, -0.05) is 17.7 Å². The van der Waals surface area contributed by atoms with Gasteiger partial charge in [0.05, 0.1) is 11.4 Å². The zero-order chi connectivity index (χ0) is 16.8. The van der Waals surface area contributed by atoms with E-state index in [1.807, 2.05) is 19.1 Å². The Kier molecular flexibility index (Phi) is 7.98. The van der Waals surface area contributed by atoms with Crippen molar-refractivity contribution in [3.05, 3.63) is 58.9 Å². The molecule has 2 atom stereocenters. The summed E-state index contributed by atoms with van der Waals surface area (Å²) in [7, 11) is 0. The standard InChI is InChI=1S/C17H19ClN2O3.ClH/c1-11(12-4-6-20-7-5-12)23-16-8-13(2-3-15(16)18)14(10-19)9-17(21)22;/h2-8,11,14H,9-10,19H2,1H3,(H,21,22);1H/t11-,14+;/m1./s1. The van der Waals surface area contributed by atoms with Gasteiger partial charge in [0.25, 0.3) is 0 Å². The molecule has 24 heavy (non-hydrogen) atoms. The minimum atomic E-state index is -0.886. The van der Waals surface area contributed by atoms with E-state index in [0.29, 0.717) is 10.8 Å². The van der Waals surface area contributed by atoms with Crippen LogP contribution in [0.25, 0.3) is 0 Å². The number of carboxylic acids is 1. The van der Waals surface area contributed by atoms with Gasteiger partial charge in [-0.25, -0.2) is 0 Å². The van der Waals surface area contributed by atoms with Crippen LogP contribution in [-0.4, -0.2) is 22.6 Å². The molecule has 1 aromatic heterocycles. The molecular weight excluding hydrogens is 351 g/mol. The second kappa shape index (κ2) is 9.47. The van der Waals surface area contributed by atoms with Gasteiger partial charge in [-0.2, -0.15) is 0 Å². The number of nitrogens with two attached hydrogens (primary N) is 1.